The van der Waals surface area contributed by atoms with Crippen LogP contribution >= 0.6 is 0 Å². The van der Waals surface area contributed by atoms with E-state index in [0.29, 0.717) is 12.2 Å². The fourth-order valence-corrected chi connectivity index (χ4v) is 1.61. The third-order valence-corrected chi connectivity index (χ3v) is 2.52. The number of benzene rings is 2. The van der Waals surface area contributed by atoms with Crippen LogP contribution in [-0.4, -0.2) is 5.97 Å². The summed E-state index contributed by atoms with van der Waals surface area (Å²) in [6.45, 7) is 0.501. The number of hydrogen-bond donors (Lipinski definition) is 0. The SMILES string of the molecule is O=C([O-])Cc1ccc(OCc2ccccc2)cc1. The van der Waals surface area contributed by atoms with Crippen molar-refractivity contribution in [3.8, 4) is 5.75 Å². The molecule has 0 N–H and O–H groups in total. The quantitative estimate of drug-likeness (QED) is 0.798. The maximum Gasteiger partial charge on any atom is 0.119 e. The number of carbonyl (C=O) groups is 1. The zero-order valence-corrected chi connectivity index (χ0v) is 9.84. The van der Waals surface area contributed by atoms with Gasteiger partial charge in [-0.25, -0.2) is 0 Å². The van der Waals surface area contributed by atoms with E-state index in [1.54, 1.807) is 24.3 Å². The molecule has 0 unspecified atom stereocenters. The summed E-state index contributed by atoms with van der Waals surface area (Å²) in [7, 11) is 0. The first-order valence-electron chi connectivity index (χ1n) is 5.69. The molecule has 0 bridgehead atoms. The highest BCUT2D eigenvalue weighted by Gasteiger charge is 1.97. The number of hydrogen-bond acceptors (Lipinski definition) is 3. The molecule has 0 spiro atoms. The molecule has 0 aliphatic rings. The van der Waals surface area contributed by atoms with Crippen LogP contribution in [0.3, 0.4) is 0 Å². The van der Waals surface area contributed by atoms with Crippen molar-refractivity contribution in [2.45, 2.75) is 13.0 Å². The Bertz CT molecular complexity index is 503. The summed E-state index contributed by atoms with van der Waals surface area (Å²) in [5.74, 6) is -0.353. The predicted octanol–water partition coefficient (Wildman–Crippen LogP) is 1.56. The molecule has 0 aromatic heterocycles. The van der Waals surface area contributed by atoms with Crippen LogP contribution in [0.25, 0.3) is 0 Å². The minimum Gasteiger partial charge on any atom is -0.550 e. The van der Waals surface area contributed by atoms with E-state index in [1.165, 1.54) is 0 Å². The van der Waals surface area contributed by atoms with E-state index in [1.807, 2.05) is 30.3 Å². The lowest BCUT2D eigenvalue weighted by Gasteiger charge is -2.07. The average Bonchev–Trinajstić information content (AvgIpc) is 2.38. The molecule has 0 aliphatic carbocycles. The van der Waals surface area contributed by atoms with Crippen LogP contribution in [0.4, 0.5) is 0 Å². The van der Waals surface area contributed by atoms with Crippen molar-refractivity contribution in [1.29, 1.82) is 0 Å². The zero-order valence-electron chi connectivity index (χ0n) is 9.84. The second kappa shape index (κ2) is 5.87. The van der Waals surface area contributed by atoms with Gasteiger partial charge in [0.1, 0.15) is 12.4 Å². The van der Waals surface area contributed by atoms with Gasteiger partial charge in [0.25, 0.3) is 0 Å². The minimum atomic E-state index is -1.08. The molecule has 0 saturated carbocycles. The molecule has 0 saturated heterocycles. The minimum absolute atomic E-state index is 0.0705. The summed E-state index contributed by atoms with van der Waals surface area (Å²) in [6, 6.07) is 16.9. The van der Waals surface area contributed by atoms with Crippen LogP contribution in [0.2, 0.25) is 0 Å². The van der Waals surface area contributed by atoms with Gasteiger partial charge in [-0.05, 0) is 23.3 Å². The molecule has 0 fully saturated rings. The van der Waals surface area contributed by atoms with Gasteiger partial charge in [0.2, 0.25) is 0 Å². The molecule has 2 aromatic rings. The van der Waals surface area contributed by atoms with Crippen LogP contribution < -0.4 is 9.84 Å². The molecule has 18 heavy (non-hydrogen) atoms. The van der Waals surface area contributed by atoms with E-state index in [4.69, 9.17) is 4.74 Å². The molecule has 2 rings (SSSR count). The number of ether oxygens (including phenoxy) is 1. The van der Waals surface area contributed by atoms with Gasteiger partial charge in [-0.15, -0.1) is 0 Å². The van der Waals surface area contributed by atoms with Crippen molar-refractivity contribution >= 4 is 5.97 Å². The highest BCUT2D eigenvalue weighted by atomic mass is 16.5. The Balaban J connectivity index is 1.92. The smallest absolute Gasteiger partial charge is 0.119 e. The van der Waals surface area contributed by atoms with Crippen LogP contribution in [0.5, 0.6) is 5.75 Å². The monoisotopic (exact) mass is 241 g/mol. The molecule has 92 valence electrons. The van der Waals surface area contributed by atoms with Gasteiger partial charge in [-0.3, -0.25) is 0 Å². The van der Waals surface area contributed by atoms with Crippen LogP contribution in [-0.2, 0) is 17.8 Å². The Morgan fingerprint density at radius 3 is 2.22 bits per heavy atom. The summed E-state index contributed by atoms with van der Waals surface area (Å²) in [4.78, 5) is 10.4. The first kappa shape index (κ1) is 12.2. The van der Waals surface area contributed by atoms with Crippen molar-refractivity contribution < 1.29 is 14.6 Å². The summed E-state index contributed by atoms with van der Waals surface area (Å²) >= 11 is 0. The number of rotatable bonds is 5. The summed E-state index contributed by atoms with van der Waals surface area (Å²) < 4.78 is 5.59. The molecular formula is C15H13O3-. The van der Waals surface area contributed by atoms with E-state index in [-0.39, 0.29) is 6.42 Å². The zero-order chi connectivity index (χ0) is 12.8. The lowest BCUT2D eigenvalue weighted by atomic mass is 10.1. The second-order valence-electron chi connectivity index (χ2n) is 3.97. The normalized spacial score (nSPS) is 10.0. The van der Waals surface area contributed by atoms with Crippen LogP contribution in [0, 0.1) is 0 Å². The molecule has 0 aliphatic heterocycles. The maximum atomic E-state index is 10.4. The molecular weight excluding hydrogens is 228 g/mol. The highest BCUT2D eigenvalue weighted by molar-refractivity contribution is 5.67. The standard InChI is InChI=1S/C15H14O3/c16-15(17)10-12-6-8-14(9-7-12)18-11-13-4-2-1-3-5-13/h1-9H,10-11H2,(H,16,17)/p-1. The first-order valence-corrected chi connectivity index (χ1v) is 5.69. The van der Waals surface area contributed by atoms with Crippen molar-refractivity contribution in [3.63, 3.8) is 0 Å². The fraction of sp³-hybridized carbons (Fsp3) is 0.133. The Hall–Kier alpha value is -2.29. The van der Waals surface area contributed by atoms with Gasteiger partial charge in [-0.2, -0.15) is 0 Å². The molecule has 0 amide bonds. The van der Waals surface area contributed by atoms with E-state index in [9.17, 15) is 9.90 Å². The number of carbonyl (C=O) groups excluding carboxylic acids is 1. The summed E-state index contributed by atoms with van der Waals surface area (Å²) in [5.41, 5.74) is 1.80. The molecule has 0 atom stereocenters. The van der Waals surface area contributed by atoms with Crippen molar-refractivity contribution in [2.24, 2.45) is 0 Å². The number of carboxylic acids is 1. The van der Waals surface area contributed by atoms with Crippen molar-refractivity contribution in [1.82, 2.24) is 0 Å². The Morgan fingerprint density at radius 2 is 1.61 bits per heavy atom. The maximum absolute atomic E-state index is 10.4. The van der Waals surface area contributed by atoms with Crippen LogP contribution in [0.15, 0.2) is 54.6 Å². The van der Waals surface area contributed by atoms with E-state index in [0.717, 1.165) is 11.3 Å². The lowest BCUT2D eigenvalue weighted by Crippen LogP contribution is -2.24. The highest BCUT2D eigenvalue weighted by Crippen LogP contribution is 2.14. The van der Waals surface area contributed by atoms with Crippen molar-refractivity contribution in [2.75, 3.05) is 0 Å². The lowest BCUT2D eigenvalue weighted by molar-refractivity contribution is -0.304. The first-order chi connectivity index (χ1) is 8.74. The van der Waals surface area contributed by atoms with Gasteiger partial charge in [0, 0.05) is 12.4 Å². The van der Waals surface area contributed by atoms with E-state index < -0.39 is 5.97 Å². The van der Waals surface area contributed by atoms with E-state index >= 15 is 0 Å². The van der Waals surface area contributed by atoms with Gasteiger partial charge in [0.05, 0.1) is 0 Å². The average molecular weight is 241 g/mol. The van der Waals surface area contributed by atoms with E-state index in [2.05, 4.69) is 0 Å². The molecule has 2 aromatic carbocycles. The molecule has 3 nitrogen and oxygen atoms in total. The topological polar surface area (TPSA) is 49.4 Å². The summed E-state index contributed by atoms with van der Waals surface area (Å²) in [6.07, 6.45) is -0.0705. The van der Waals surface area contributed by atoms with Crippen LogP contribution in [0.1, 0.15) is 11.1 Å². The Morgan fingerprint density at radius 1 is 0.944 bits per heavy atom. The second-order valence-corrected chi connectivity index (χ2v) is 3.97. The number of aliphatic carboxylic acids is 1. The van der Waals surface area contributed by atoms with Gasteiger partial charge in [-0.1, -0.05) is 42.5 Å². The number of carboxylic acid groups (broad SMARTS) is 1. The largest absolute Gasteiger partial charge is 0.550 e. The Labute approximate surface area is 106 Å². The molecule has 3 heteroatoms. The molecule has 0 heterocycles. The third-order valence-electron chi connectivity index (χ3n) is 2.52. The summed E-state index contributed by atoms with van der Waals surface area (Å²) in [5, 5.41) is 10.4. The molecule has 0 radical (unpaired) electrons. The predicted molar refractivity (Wildman–Crippen MR) is 65.9 cm³/mol. The van der Waals surface area contributed by atoms with Crippen molar-refractivity contribution in [3.05, 3.63) is 65.7 Å². The fourth-order valence-electron chi connectivity index (χ4n) is 1.61. The van der Waals surface area contributed by atoms with Gasteiger partial charge < -0.3 is 14.6 Å². The van der Waals surface area contributed by atoms with Gasteiger partial charge >= 0.3 is 0 Å². The third kappa shape index (κ3) is 3.63. The Kier molecular flexibility index (Phi) is 3.97. The van der Waals surface area contributed by atoms with Gasteiger partial charge in [0.15, 0.2) is 0 Å².